The molecular weight excluding hydrogens is 484 g/mol. The van der Waals surface area contributed by atoms with E-state index in [9.17, 15) is 22.4 Å². The van der Waals surface area contributed by atoms with Crippen LogP contribution in [0.2, 0.25) is 0 Å². The van der Waals surface area contributed by atoms with Crippen molar-refractivity contribution in [3.05, 3.63) is 71.3 Å². The Morgan fingerprint density at radius 1 is 1.09 bits per heavy atom. The number of sulfonamides is 1. The molecule has 4 aromatic rings. The fraction of sp³-hybridized carbons (Fsp3) is 0.136. The van der Waals surface area contributed by atoms with E-state index in [-0.39, 0.29) is 34.6 Å². The third-order valence-corrected chi connectivity index (χ3v) is 6.47. The number of aromatic carboxylic acids is 1. The molecule has 0 radical (unpaired) electrons. The topological polar surface area (TPSA) is 155 Å². The zero-order valence-corrected chi connectivity index (χ0v) is 18.9. The first kappa shape index (κ1) is 23.9. The number of halogens is 2. The predicted octanol–water partition coefficient (Wildman–Crippen LogP) is 3.38. The maximum Gasteiger partial charge on any atom is 0.354 e. The molecule has 0 bridgehead atoms. The number of anilines is 1. The number of carboxylic acids is 1. The Kier molecular flexibility index (Phi) is 6.26. The van der Waals surface area contributed by atoms with Crippen molar-refractivity contribution in [3.63, 3.8) is 0 Å². The molecule has 4 rings (SSSR count). The van der Waals surface area contributed by atoms with Gasteiger partial charge in [0.1, 0.15) is 22.9 Å². The number of nitrogens with zero attached hydrogens (tertiary/aromatic N) is 3. The first-order valence-corrected chi connectivity index (χ1v) is 11.8. The summed E-state index contributed by atoms with van der Waals surface area (Å²) in [6, 6.07) is 6.03. The molecule has 10 nitrogen and oxygen atoms in total. The van der Waals surface area contributed by atoms with Crippen molar-refractivity contribution in [1.29, 1.82) is 0 Å². The molecule has 0 unspecified atom stereocenters. The van der Waals surface area contributed by atoms with E-state index in [4.69, 9.17) is 5.11 Å². The van der Waals surface area contributed by atoms with Crippen molar-refractivity contribution in [3.8, 4) is 11.1 Å². The van der Waals surface area contributed by atoms with Crippen molar-refractivity contribution >= 4 is 38.5 Å². The van der Waals surface area contributed by atoms with Crippen LogP contribution >= 0.6 is 0 Å². The highest BCUT2D eigenvalue weighted by molar-refractivity contribution is 7.92. The van der Waals surface area contributed by atoms with Crippen LogP contribution in [0.25, 0.3) is 22.2 Å². The summed E-state index contributed by atoms with van der Waals surface area (Å²) < 4.78 is 55.2. The minimum absolute atomic E-state index is 0.154. The third kappa shape index (κ3) is 4.71. The van der Waals surface area contributed by atoms with Crippen LogP contribution in [0.15, 0.2) is 42.7 Å². The largest absolute Gasteiger partial charge is 0.477 e. The quantitative estimate of drug-likeness (QED) is 0.310. The molecule has 180 valence electrons. The summed E-state index contributed by atoms with van der Waals surface area (Å²) in [5, 5.41) is 15.7. The maximum atomic E-state index is 15.1. The van der Waals surface area contributed by atoms with E-state index in [0.29, 0.717) is 11.1 Å². The molecule has 0 aliphatic carbocycles. The lowest BCUT2D eigenvalue weighted by molar-refractivity contribution is 0.0690. The second kappa shape index (κ2) is 9.18. The fourth-order valence-corrected chi connectivity index (χ4v) is 4.49. The van der Waals surface area contributed by atoms with Gasteiger partial charge in [-0.2, -0.15) is 5.10 Å². The molecule has 35 heavy (non-hydrogen) atoms. The molecule has 0 saturated carbocycles. The van der Waals surface area contributed by atoms with Gasteiger partial charge in [0.15, 0.2) is 11.5 Å². The molecule has 3 heterocycles. The molecule has 1 aromatic carbocycles. The van der Waals surface area contributed by atoms with Gasteiger partial charge in [-0.25, -0.2) is 32.0 Å². The van der Waals surface area contributed by atoms with Gasteiger partial charge in [0, 0.05) is 23.5 Å². The Morgan fingerprint density at radius 3 is 2.49 bits per heavy atom. The number of H-pyrrole nitrogens is 1. The fourth-order valence-electron chi connectivity index (χ4n) is 3.35. The van der Waals surface area contributed by atoms with Gasteiger partial charge >= 0.3 is 5.97 Å². The number of hydrogen-bond donors (Lipinski definition) is 3. The number of fused-ring (bicyclic) bond motifs is 1. The van der Waals surface area contributed by atoms with Gasteiger partial charge in [-0.15, -0.1) is 0 Å². The highest BCUT2D eigenvalue weighted by Crippen LogP contribution is 2.28. The van der Waals surface area contributed by atoms with Crippen molar-refractivity contribution in [2.75, 3.05) is 10.5 Å². The van der Waals surface area contributed by atoms with Crippen LogP contribution in [0.3, 0.4) is 0 Å². The van der Waals surface area contributed by atoms with Crippen LogP contribution in [0, 0.1) is 11.6 Å². The molecule has 0 atom stereocenters. The number of ketones is 1. The first-order chi connectivity index (χ1) is 16.6. The molecule has 0 spiro atoms. The third-order valence-electron chi connectivity index (χ3n) is 5.01. The molecule has 3 N–H and O–H groups in total. The second-order valence-electron chi connectivity index (χ2n) is 7.46. The summed E-state index contributed by atoms with van der Waals surface area (Å²) >= 11 is 0. The van der Waals surface area contributed by atoms with Crippen molar-refractivity contribution in [1.82, 2.24) is 20.2 Å². The zero-order valence-electron chi connectivity index (χ0n) is 18.0. The minimum Gasteiger partial charge on any atom is -0.477 e. The molecule has 0 saturated heterocycles. The van der Waals surface area contributed by atoms with Gasteiger partial charge in [0.25, 0.3) is 0 Å². The van der Waals surface area contributed by atoms with Crippen molar-refractivity contribution in [2.24, 2.45) is 0 Å². The lowest BCUT2D eigenvalue weighted by Gasteiger charge is -2.11. The Hall–Kier alpha value is -4.26. The smallest absolute Gasteiger partial charge is 0.354 e. The summed E-state index contributed by atoms with van der Waals surface area (Å²) in [7, 11) is -4.02. The van der Waals surface area contributed by atoms with E-state index in [1.807, 2.05) is 4.72 Å². The number of carbonyl (C=O) groups is 2. The average molecular weight is 501 g/mol. The SMILES string of the molecule is CCCS(=O)(=O)Nc1c(F)ccc(C(=O)c2n[nH]c3ncc(-c4ccc(C(=O)O)nc4)cc23)c1F. The van der Waals surface area contributed by atoms with Gasteiger partial charge in [0.2, 0.25) is 15.8 Å². The van der Waals surface area contributed by atoms with E-state index >= 15 is 4.39 Å². The van der Waals surface area contributed by atoms with Crippen LogP contribution in [0.1, 0.15) is 39.9 Å². The summed E-state index contributed by atoms with van der Waals surface area (Å²) in [5.74, 6) is -5.02. The summed E-state index contributed by atoms with van der Waals surface area (Å²) in [6.45, 7) is 1.59. The molecule has 13 heteroatoms. The van der Waals surface area contributed by atoms with Crippen LogP contribution in [0.4, 0.5) is 14.5 Å². The number of aromatic nitrogens is 4. The number of nitrogens with one attached hydrogen (secondary N) is 2. The van der Waals surface area contributed by atoms with Gasteiger partial charge < -0.3 is 5.11 Å². The van der Waals surface area contributed by atoms with Gasteiger partial charge in [-0.1, -0.05) is 13.0 Å². The summed E-state index contributed by atoms with van der Waals surface area (Å²) in [6.07, 6.45) is 2.99. The summed E-state index contributed by atoms with van der Waals surface area (Å²) in [5.41, 5.74) is -0.732. The number of rotatable bonds is 8. The average Bonchev–Trinajstić information content (AvgIpc) is 3.25. The number of carboxylic acid groups (broad SMARTS) is 1. The van der Waals surface area contributed by atoms with E-state index in [2.05, 4.69) is 20.2 Å². The van der Waals surface area contributed by atoms with Crippen LogP contribution in [0.5, 0.6) is 0 Å². The molecular formula is C22H17F2N5O5S. The number of benzene rings is 1. The number of carbonyl (C=O) groups excluding carboxylic acids is 1. The van der Waals surface area contributed by atoms with Crippen LogP contribution in [-0.4, -0.2) is 51.2 Å². The standard InChI is InChI=1S/C22H17F2N5O5S/c1-2-7-35(33,34)29-19-15(23)5-4-13(17(19)24)20(30)18-14-8-12(10-26-21(14)28-27-18)11-3-6-16(22(31)32)25-9-11/h3-6,8-10,29H,2,7H2,1H3,(H,31,32)(H,26,27,28). The molecule has 0 aliphatic rings. The minimum atomic E-state index is -4.02. The summed E-state index contributed by atoms with van der Waals surface area (Å²) in [4.78, 5) is 32.2. The Balaban J connectivity index is 1.75. The Morgan fingerprint density at radius 2 is 1.83 bits per heavy atom. The van der Waals surface area contributed by atoms with Crippen LogP contribution < -0.4 is 4.72 Å². The molecule has 0 fully saturated rings. The van der Waals surface area contributed by atoms with Crippen molar-refractivity contribution < 1.29 is 31.9 Å². The van der Waals surface area contributed by atoms with Gasteiger partial charge in [-0.3, -0.25) is 14.6 Å². The normalized spacial score (nSPS) is 11.5. The second-order valence-corrected chi connectivity index (χ2v) is 9.31. The highest BCUT2D eigenvalue weighted by Gasteiger charge is 2.26. The Labute approximate surface area is 197 Å². The van der Waals surface area contributed by atoms with E-state index < -0.39 is 44.7 Å². The van der Waals surface area contributed by atoms with Gasteiger partial charge in [-0.05, 0) is 30.7 Å². The predicted molar refractivity (Wildman–Crippen MR) is 122 cm³/mol. The molecule has 3 aromatic heterocycles. The lowest BCUT2D eigenvalue weighted by atomic mass is 10.0. The van der Waals surface area contributed by atoms with Crippen molar-refractivity contribution in [2.45, 2.75) is 13.3 Å². The van der Waals surface area contributed by atoms with E-state index in [0.717, 1.165) is 12.1 Å². The van der Waals surface area contributed by atoms with Gasteiger partial charge in [0.05, 0.1) is 16.7 Å². The Bertz CT molecular complexity index is 1570. The van der Waals surface area contributed by atoms with Crippen LogP contribution in [-0.2, 0) is 10.0 Å². The zero-order chi connectivity index (χ0) is 25.3. The molecule has 0 amide bonds. The lowest BCUT2D eigenvalue weighted by Crippen LogP contribution is -2.19. The molecule has 0 aliphatic heterocycles. The number of aromatic amines is 1. The number of pyridine rings is 2. The maximum absolute atomic E-state index is 15.1. The first-order valence-electron chi connectivity index (χ1n) is 10.2. The number of hydrogen-bond acceptors (Lipinski definition) is 7. The monoisotopic (exact) mass is 501 g/mol. The van der Waals surface area contributed by atoms with E-state index in [1.165, 1.54) is 30.6 Å². The van der Waals surface area contributed by atoms with E-state index in [1.54, 1.807) is 6.92 Å². The highest BCUT2D eigenvalue weighted by atomic mass is 32.2.